The first-order chi connectivity index (χ1) is 14.8. The number of nitro benzene ring substituents is 1. The smallest absolute Gasteiger partial charge is 0.339 e. The Hall–Kier alpha value is -4.16. The van der Waals surface area contributed by atoms with Gasteiger partial charge in [0.15, 0.2) is 11.5 Å². The summed E-state index contributed by atoms with van der Waals surface area (Å²) in [5.74, 6) is 0.159. The number of allylic oxidation sites excluding steroid dienone is 1. The largest absolute Gasteiger partial charge is 0.493 e. The van der Waals surface area contributed by atoms with Crippen molar-refractivity contribution in [2.75, 3.05) is 7.11 Å². The molecule has 156 valence electrons. The number of ether oxygens (including phenoxy) is 1. The first-order valence-electron chi connectivity index (χ1n) is 8.88. The Labute approximate surface area is 178 Å². The van der Waals surface area contributed by atoms with E-state index in [-0.39, 0.29) is 27.7 Å². The third-order valence-corrected chi connectivity index (χ3v) is 5.49. The van der Waals surface area contributed by atoms with Crippen molar-refractivity contribution in [2.24, 2.45) is 0 Å². The number of non-ortho nitro benzene ring substituents is 1. The quantitative estimate of drug-likeness (QED) is 0.177. The molecule has 0 aliphatic carbocycles. The molecule has 0 aliphatic heterocycles. The minimum atomic E-state index is -4.04. The number of nitrogens with zero attached hydrogens (tertiary/aromatic N) is 2. The molecule has 0 radical (unpaired) electrons. The van der Waals surface area contributed by atoms with E-state index in [1.807, 2.05) is 0 Å². The van der Waals surface area contributed by atoms with Crippen LogP contribution in [0.25, 0.3) is 11.6 Å². The van der Waals surface area contributed by atoms with Crippen molar-refractivity contribution in [1.82, 2.24) is 0 Å². The van der Waals surface area contributed by atoms with E-state index in [1.165, 1.54) is 55.6 Å². The van der Waals surface area contributed by atoms with Crippen LogP contribution in [0.5, 0.6) is 11.5 Å². The van der Waals surface area contributed by atoms with Gasteiger partial charge in [0, 0.05) is 12.1 Å². The Balaban J connectivity index is 1.91. The van der Waals surface area contributed by atoms with E-state index >= 15 is 0 Å². The van der Waals surface area contributed by atoms with Gasteiger partial charge in [-0.2, -0.15) is 13.7 Å². The van der Waals surface area contributed by atoms with E-state index in [4.69, 9.17) is 8.92 Å². The van der Waals surface area contributed by atoms with Gasteiger partial charge in [-0.25, -0.2) is 0 Å². The van der Waals surface area contributed by atoms with Gasteiger partial charge in [-0.05, 0) is 53.6 Å². The summed E-state index contributed by atoms with van der Waals surface area (Å²) in [6.45, 7) is 0. The van der Waals surface area contributed by atoms with E-state index in [1.54, 1.807) is 30.3 Å². The zero-order chi connectivity index (χ0) is 22.4. The lowest BCUT2D eigenvalue weighted by molar-refractivity contribution is -0.384. The Morgan fingerprint density at radius 2 is 1.71 bits per heavy atom. The number of hydrogen-bond acceptors (Lipinski definition) is 7. The lowest BCUT2D eigenvalue weighted by atomic mass is 10.0. The normalized spacial score (nSPS) is 11.4. The van der Waals surface area contributed by atoms with E-state index in [9.17, 15) is 23.8 Å². The lowest BCUT2D eigenvalue weighted by Gasteiger charge is -2.11. The second-order valence-corrected chi connectivity index (χ2v) is 7.78. The molecule has 0 aliphatic rings. The summed E-state index contributed by atoms with van der Waals surface area (Å²) in [5, 5.41) is 20.3. The monoisotopic (exact) mass is 436 g/mol. The van der Waals surface area contributed by atoms with Crippen molar-refractivity contribution in [2.45, 2.75) is 4.90 Å². The summed E-state index contributed by atoms with van der Waals surface area (Å²) in [6, 6.07) is 19.9. The highest BCUT2D eigenvalue weighted by Gasteiger charge is 2.19. The number of rotatable bonds is 7. The maximum Gasteiger partial charge on any atom is 0.339 e. The van der Waals surface area contributed by atoms with Crippen LogP contribution in [0.2, 0.25) is 0 Å². The average Bonchev–Trinajstić information content (AvgIpc) is 2.78. The minimum Gasteiger partial charge on any atom is -0.493 e. The molecule has 0 spiro atoms. The van der Waals surface area contributed by atoms with Crippen molar-refractivity contribution in [3.63, 3.8) is 0 Å². The van der Waals surface area contributed by atoms with Gasteiger partial charge in [-0.3, -0.25) is 10.1 Å². The zero-order valence-electron chi connectivity index (χ0n) is 16.3. The molecule has 3 aromatic carbocycles. The standard InChI is InChI=1S/C22H16N2O6S/c1-29-22-14-16(13-18(15-23)17-8-10-19(11-9-17)24(25)26)7-12-21(22)30-31(27,28)20-5-3-2-4-6-20/h2-14H,1H3/b18-13+. The molecule has 9 heteroatoms. The summed E-state index contributed by atoms with van der Waals surface area (Å²) in [5.41, 5.74) is 1.24. The molecule has 0 N–H and O–H groups in total. The molecule has 0 unspecified atom stereocenters. The van der Waals surface area contributed by atoms with Gasteiger partial charge in [0.05, 0.1) is 23.7 Å². The first-order valence-corrected chi connectivity index (χ1v) is 10.3. The predicted octanol–water partition coefficient (Wildman–Crippen LogP) is 4.44. The zero-order valence-corrected chi connectivity index (χ0v) is 17.1. The van der Waals surface area contributed by atoms with Crippen molar-refractivity contribution in [3.05, 3.63) is 94.0 Å². The molecule has 0 fully saturated rings. The van der Waals surface area contributed by atoms with Gasteiger partial charge in [0.2, 0.25) is 0 Å². The number of nitro groups is 1. The van der Waals surface area contributed by atoms with Gasteiger partial charge < -0.3 is 8.92 Å². The molecule has 31 heavy (non-hydrogen) atoms. The highest BCUT2D eigenvalue weighted by molar-refractivity contribution is 7.87. The number of hydrogen-bond donors (Lipinski definition) is 0. The fourth-order valence-corrected chi connectivity index (χ4v) is 3.67. The maximum atomic E-state index is 12.5. The molecule has 0 amide bonds. The van der Waals surface area contributed by atoms with Crippen molar-refractivity contribution in [3.8, 4) is 17.6 Å². The summed E-state index contributed by atoms with van der Waals surface area (Å²) < 4.78 is 35.4. The molecule has 0 saturated carbocycles. The van der Waals surface area contributed by atoms with E-state index in [0.717, 1.165) is 0 Å². The highest BCUT2D eigenvalue weighted by Crippen LogP contribution is 2.32. The molecule has 3 rings (SSSR count). The molecule has 0 heterocycles. The second-order valence-electron chi connectivity index (χ2n) is 6.23. The third kappa shape index (κ3) is 5.07. The van der Waals surface area contributed by atoms with Crippen LogP contribution in [0, 0.1) is 21.4 Å². The fourth-order valence-electron chi connectivity index (χ4n) is 2.71. The van der Waals surface area contributed by atoms with Gasteiger partial charge in [-0.1, -0.05) is 24.3 Å². The number of benzene rings is 3. The van der Waals surface area contributed by atoms with Crippen LogP contribution >= 0.6 is 0 Å². The summed E-state index contributed by atoms with van der Waals surface area (Å²) in [6.07, 6.45) is 1.55. The fraction of sp³-hybridized carbons (Fsp3) is 0.0455. The van der Waals surface area contributed by atoms with Gasteiger partial charge in [-0.15, -0.1) is 0 Å². The van der Waals surface area contributed by atoms with Crippen LogP contribution in [-0.4, -0.2) is 20.5 Å². The Bertz CT molecular complexity index is 1280. The minimum absolute atomic E-state index is 0.00246. The maximum absolute atomic E-state index is 12.5. The third-order valence-electron chi connectivity index (χ3n) is 4.24. The van der Waals surface area contributed by atoms with E-state index in [2.05, 4.69) is 6.07 Å². The molecule has 8 nitrogen and oxygen atoms in total. The van der Waals surface area contributed by atoms with Crippen LogP contribution < -0.4 is 8.92 Å². The van der Waals surface area contributed by atoms with Gasteiger partial charge >= 0.3 is 10.1 Å². The molecule has 0 saturated heterocycles. The van der Waals surface area contributed by atoms with Crippen LogP contribution in [0.15, 0.2) is 77.7 Å². The Morgan fingerprint density at radius 3 is 2.29 bits per heavy atom. The van der Waals surface area contributed by atoms with Crippen molar-refractivity contribution < 1.29 is 22.3 Å². The highest BCUT2D eigenvalue weighted by atomic mass is 32.2. The van der Waals surface area contributed by atoms with Crippen LogP contribution in [0.4, 0.5) is 5.69 Å². The molecule has 3 aromatic rings. The van der Waals surface area contributed by atoms with Crippen molar-refractivity contribution in [1.29, 1.82) is 5.26 Å². The number of nitriles is 1. The second kappa shape index (κ2) is 9.11. The van der Waals surface area contributed by atoms with Gasteiger partial charge in [0.1, 0.15) is 4.90 Å². The molecule has 0 bridgehead atoms. The summed E-state index contributed by atoms with van der Waals surface area (Å²) in [7, 11) is -2.68. The van der Waals surface area contributed by atoms with E-state index in [0.29, 0.717) is 11.1 Å². The Morgan fingerprint density at radius 1 is 1.03 bits per heavy atom. The average molecular weight is 436 g/mol. The van der Waals surface area contributed by atoms with Crippen LogP contribution in [0.1, 0.15) is 11.1 Å². The predicted molar refractivity (Wildman–Crippen MR) is 114 cm³/mol. The summed E-state index contributed by atoms with van der Waals surface area (Å²) in [4.78, 5) is 10.3. The van der Waals surface area contributed by atoms with Crippen LogP contribution in [0.3, 0.4) is 0 Å². The SMILES string of the molecule is COc1cc(/C=C(\C#N)c2ccc([N+](=O)[O-])cc2)ccc1OS(=O)(=O)c1ccccc1. The van der Waals surface area contributed by atoms with Crippen LogP contribution in [-0.2, 0) is 10.1 Å². The Kier molecular flexibility index (Phi) is 6.33. The topological polar surface area (TPSA) is 120 Å². The van der Waals surface area contributed by atoms with Gasteiger partial charge in [0.25, 0.3) is 5.69 Å². The number of methoxy groups -OCH3 is 1. The molecule has 0 atom stereocenters. The first kappa shape index (κ1) is 21.5. The molecular weight excluding hydrogens is 420 g/mol. The van der Waals surface area contributed by atoms with E-state index < -0.39 is 15.0 Å². The lowest BCUT2D eigenvalue weighted by Crippen LogP contribution is -2.10. The summed E-state index contributed by atoms with van der Waals surface area (Å²) >= 11 is 0. The molecule has 0 aromatic heterocycles. The van der Waals surface area contributed by atoms with Crippen molar-refractivity contribution >= 4 is 27.5 Å². The molecular formula is C22H16N2O6S.